The average molecular weight is 483 g/mol. The van der Waals surface area contributed by atoms with Gasteiger partial charge in [-0.05, 0) is 66.7 Å². The number of Topliss-reactive ketones (excluding diaryl/α,β-unsaturated/α-hetero) is 1. The van der Waals surface area contributed by atoms with Gasteiger partial charge >= 0.3 is 0 Å². The zero-order valence-corrected chi connectivity index (χ0v) is 18.7. The zero-order chi connectivity index (χ0) is 23.7. The van der Waals surface area contributed by atoms with Crippen molar-refractivity contribution < 1.29 is 23.7 Å². The monoisotopic (exact) mass is 482 g/mol. The molecule has 0 radical (unpaired) electrons. The van der Waals surface area contributed by atoms with Crippen LogP contribution in [-0.2, 0) is 4.79 Å². The molecule has 0 aliphatic carbocycles. The molecule has 0 atom stereocenters. The summed E-state index contributed by atoms with van der Waals surface area (Å²) in [6.07, 6.45) is 1.38. The van der Waals surface area contributed by atoms with E-state index in [0.29, 0.717) is 27.9 Å². The number of amides is 2. The number of nitro groups is 1. The van der Waals surface area contributed by atoms with Crippen molar-refractivity contribution in [2.45, 2.75) is 6.92 Å². The van der Waals surface area contributed by atoms with Gasteiger partial charge in [-0.2, -0.15) is 0 Å². The van der Waals surface area contributed by atoms with Gasteiger partial charge in [0.25, 0.3) is 16.8 Å². The molecular formula is C23H15ClN2O6S. The Morgan fingerprint density at radius 1 is 1.15 bits per heavy atom. The van der Waals surface area contributed by atoms with E-state index in [2.05, 4.69) is 0 Å². The molecule has 0 spiro atoms. The highest BCUT2D eigenvalue weighted by molar-refractivity contribution is 8.18. The van der Waals surface area contributed by atoms with Crippen LogP contribution in [0.4, 0.5) is 10.5 Å². The maximum absolute atomic E-state index is 12.7. The van der Waals surface area contributed by atoms with Gasteiger partial charge in [-0.3, -0.25) is 29.4 Å². The molecule has 4 rings (SSSR count). The van der Waals surface area contributed by atoms with E-state index in [4.69, 9.17) is 16.0 Å². The number of nitro benzene ring substituents is 1. The number of carbonyl (C=O) groups is 3. The Morgan fingerprint density at radius 3 is 2.58 bits per heavy atom. The Kier molecular flexibility index (Phi) is 6.17. The summed E-state index contributed by atoms with van der Waals surface area (Å²) in [5, 5.41) is 11.3. The SMILES string of the molecule is Cc1ccc(-c2ccc(/C=C3/SC(=O)N(CC(=O)c4ccc(Cl)cc4)C3=O)o2)c([N+](=O)[O-])c1. The molecule has 0 saturated carbocycles. The number of carbonyl (C=O) groups excluding carboxylic acids is 3. The maximum Gasteiger partial charge on any atom is 0.293 e. The predicted octanol–water partition coefficient (Wildman–Crippen LogP) is 5.74. The molecular weight excluding hydrogens is 468 g/mol. The van der Waals surface area contributed by atoms with Gasteiger partial charge in [0.15, 0.2) is 5.78 Å². The summed E-state index contributed by atoms with van der Waals surface area (Å²) in [5.41, 5.74) is 1.26. The molecule has 3 aromatic rings. The largest absolute Gasteiger partial charge is 0.456 e. The lowest BCUT2D eigenvalue weighted by Crippen LogP contribution is -2.33. The number of halogens is 1. The lowest BCUT2D eigenvalue weighted by Gasteiger charge is -2.11. The number of nitrogens with zero attached hydrogens (tertiary/aromatic N) is 2. The van der Waals surface area contributed by atoms with Crippen LogP contribution in [0.3, 0.4) is 0 Å². The van der Waals surface area contributed by atoms with Crippen LogP contribution in [0, 0.1) is 17.0 Å². The van der Waals surface area contributed by atoms with Gasteiger partial charge in [0.05, 0.1) is 21.9 Å². The van der Waals surface area contributed by atoms with Crippen molar-refractivity contribution in [2.75, 3.05) is 6.54 Å². The molecule has 2 aromatic carbocycles. The van der Waals surface area contributed by atoms with Crippen molar-refractivity contribution >= 4 is 52.1 Å². The fraction of sp³-hybridized carbons (Fsp3) is 0.0870. The van der Waals surface area contributed by atoms with Crippen molar-refractivity contribution in [3.05, 3.63) is 91.5 Å². The molecule has 2 heterocycles. The number of ketones is 1. The van der Waals surface area contributed by atoms with Gasteiger partial charge in [-0.25, -0.2) is 0 Å². The first kappa shape index (κ1) is 22.5. The highest BCUT2D eigenvalue weighted by Gasteiger charge is 2.36. The van der Waals surface area contributed by atoms with Gasteiger partial charge in [0.2, 0.25) is 0 Å². The number of aryl methyl sites for hydroxylation is 1. The van der Waals surface area contributed by atoms with Gasteiger partial charge in [0, 0.05) is 22.7 Å². The van der Waals surface area contributed by atoms with E-state index < -0.39 is 28.4 Å². The number of thioether (sulfide) groups is 1. The van der Waals surface area contributed by atoms with E-state index >= 15 is 0 Å². The summed E-state index contributed by atoms with van der Waals surface area (Å²) >= 11 is 6.51. The van der Waals surface area contributed by atoms with Crippen LogP contribution in [0.15, 0.2) is 63.9 Å². The van der Waals surface area contributed by atoms with Crippen LogP contribution in [0.1, 0.15) is 21.7 Å². The van der Waals surface area contributed by atoms with Crippen molar-refractivity contribution in [3.8, 4) is 11.3 Å². The third kappa shape index (κ3) is 4.74. The van der Waals surface area contributed by atoms with Crippen molar-refractivity contribution in [3.63, 3.8) is 0 Å². The Bertz CT molecular complexity index is 1330. The Labute approximate surface area is 197 Å². The maximum atomic E-state index is 12.7. The van der Waals surface area contributed by atoms with Crippen molar-refractivity contribution in [1.82, 2.24) is 4.90 Å². The van der Waals surface area contributed by atoms with Crippen LogP contribution < -0.4 is 0 Å². The second kappa shape index (κ2) is 9.05. The van der Waals surface area contributed by atoms with Crippen LogP contribution in [0.5, 0.6) is 0 Å². The molecule has 0 bridgehead atoms. The lowest BCUT2D eigenvalue weighted by atomic mass is 10.1. The Morgan fingerprint density at radius 2 is 1.88 bits per heavy atom. The summed E-state index contributed by atoms with van der Waals surface area (Å²) in [6.45, 7) is 1.35. The molecule has 1 aliphatic rings. The second-order valence-corrected chi connectivity index (χ2v) is 8.61. The van der Waals surface area contributed by atoms with Gasteiger partial charge in [-0.15, -0.1) is 0 Å². The van der Waals surface area contributed by atoms with Crippen LogP contribution in [-0.4, -0.2) is 33.3 Å². The highest BCUT2D eigenvalue weighted by Crippen LogP contribution is 2.35. The quantitative estimate of drug-likeness (QED) is 0.191. The summed E-state index contributed by atoms with van der Waals surface area (Å²) < 4.78 is 5.69. The summed E-state index contributed by atoms with van der Waals surface area (Å²) in [4.78, 5) is 49.3. The molecule has 1 fully saturated rings. The smallest absolute Gasteiger partial charge is 0.293 e. The van der Waals surface area contributed by atoms with E-state index in [0.717, 1.165) is 10.5 Å². The standard InChI is InChI=1S/C23H15ClN2O6S/c1-13-2-8-17(18(10-13)26(30)31)20-9-7-16(32-20)11-21-22(28)25(23(29)33-21)12-19(27)14-3-5-15(24)6-4-14/h2-11H,12H2,1H3/b21-11+. The fourth-order valence-electron chi connectivity index (χ4n) is 3.21. The second-order valence-electron chi connectivity index (χ2n) is 7.18. The number of rotatable bonds is 6. The Balaban J connectivity index is 1.54. The van der Waals surface area contributed by atoms with E-state index in [9.17, 15) is 24.5 Å². The van der Waals surface area contributed by atoms with E-state index in [1.165, 1.54) is 24.3 Å². The average Bonchev–Trinajstić information content (AvgIpc) is 3.34. The number of imide groups is 1. The predicted molar refractivity (Wildman–Crippen MR) is 124 cm³/mol. The van der Waals surface area contributed by atoms with Crippen molar-refractivity contribution in [2.24, 2.45) is 0 Å². The minimum atomic E-state index is -0.619. The van der Waals surface area contributed by atoms with Gasteiger partial charge < -0.3 is 4.42 Å². The molecule has 1 aromatic heterocycles. The summed E-state index contributed by atoms with van der Waals surface area (Å²) in [5.74, 6) is -0.520. The molecule has 8 nitrogen and oxygen atoms in total. The normalized spacial score (nSPS) is 14.8. The lowest BCUT2D eigenvalue weighted by molar-refractivity contribution is -0.384. The minimum Gasteiger partial charge on any atom is -0.456 e. The molecule has 166 valence electrons. The number of benzene rings is 2. The molecule has 2 amide bonds. The van der Waals surface area contributed by atoms with E-state index in [1.807, 2.05) is 0 Å². The number of hydrogen-bond donors (Lipinski definition) is 0. The minimum absolute atomic E-state index is 0.0863. The molecule has 1 aliphatic heterocycles. The number of furan rings is 1. The third-order valence-corrected chi connectivity index (χ3v) is 6.02. The summed E-state index contributed by atoms with van der Waals surface area (Å²) in [6, 6.07) is 14.0. The zero-order valence-electron chi connectivity index (χ0n) is 17.1. The molecule has 1 saturated heterocycles. The van der Waals surface area contributed by atoms with E-state index in [1.54, 1.807) is 43.3 Å². The molecule has 0 unspecified atom stereocenters. The first-order chi connectivity index (χ1) is 15.7. The topological polar surface area (TPSA) is 111 Å². The molecule has 0 N–H and O–H groups in total. The fourth-order valence-corrected chi connectivity index (χ4v) is 4.16. The van der Waals surface area contributed by atoms with E-state index in [-0.39, 0.29) is 22.1 Å². The van der Waals surface area contributed by atoms with Crippen LogP contribution >= 0.6 is 23.4 Å². The highest BCUT2D eigenvalue weighted by atomic mass is 35.5. The Hall–Kier alpha value is -3.69. The van der Waals surface area contributed by atoms with Crippen molar-refractivity contribution in [1.29, 1.82) is 0 Å². The van der Waals surface area contributed by atoms with Gasteiger partial charge in [0.1, 0.15) is 11.5 Å². The molecule has 33 heavy (non-hydrogen) atoms. The first-order valence-electron chi connectivity index (χ1n) is 9.62. The third-order valence-electron chi connectivity index (χ3n) is 4.86. The number of hydrogen-bond acceptors (Lipinski definition) is 7. The van der Waals surface area contributed by atoms with Crippen LogP contribution in [0.2, 0.25) is 5.02 Å². The van der Waals surface area contributed by atoms with Crippen LogP contribution in [0.25, 0.3) is 17.4 Å². The summed E-state index contributed by atoms with van der Waals surface area (Å²) in [7, 11) is 0. The molecule has 10 heteroatoms. The first-order valence-corrected chi connectivity index (χ1v) is 10.8. The van der Waals surface area contributed by atoms with Gasteiger partial charge in [-0.1, -0.05) is 17.7 Å².